The minimum atomic E-state index is -0.142. The molecule has 0 radical (unpaired) electrons. The zero-order chi connectivity index (χ0) is 12.1. The summed E-state index contributed by atoms with van der Waals surface area (Å²) in [5.41, 5.74) is 1.11. The summed E-state index contributed by atoms with van der Waals surface area (Å²) in [7, 11) is 0. The second kappa shape index (κ2) is 5.64. The zero-order valence-corrected chi connectivity index (χ0v) is 10.2. The second-order valence-electron chi connectivity index (χ2n) is 4.01. The lowest BCUT2D eigenvalue weighted by Gasteiger charge is -2.13. The first-order chi connectivity index (χ1) is 7.63. The Morgan fingerprint density at radius 3 is 2.44 bits per heavy atom. The Kier molecular flexibility index (Phi) is 4.47. The molecule has 3 heteroatoms. The predicted octanol–water partition coefficient (Wildman–Crippen LogP) is 2.44. The molecule has 0 N–H and O–H groups in total. The molecule has 1 rings (SSSR count). The highest BCUT2D eigenvalue weighted by Crippen LogP contribution is 2.21. The van der Waals surface area contributed by atoms with Crippen molar-refractivity contribution in [3.63, 3.8) is 0 Å². The molecule has 0 unspecified atom stereocenters. The van der Waals surface area contributed by atoms with Crippen LogP contribution in [0.15, 0.2) is 23.3 Å². The van der Waals surface area contributed by atoms with Crippen LogP contribution in [0.25, 0.3) is 0 Å². The molecular formula is C13H19NO2. The molecule has 0 saturated heterocycles. The molecule has 0 fully saturated rings. The predicted molar refractivity (Wildman–Crippen MR) is 63.8 cm³/mol. The van der Waals surface area contributed by atoms with Gasteiger partial charge in [-0.1, -0.05) is 31.9 Å². The summed E-state index contributed by atoms with van der Waals surface area (Å²) in [6, 6.07) is 0. The van der Waals surface area contributed by atoms with Crippen LogP contribution in [0, 0.1) is 0 Å². The van der Waals surface area contributed by atoms with Gasteiger partial charge in [-0.2, -0.15) is 0 Å². The van der Waals surface area contributed by atoms with Crippen LogP contribution in [0.5, 0.6) is 0 Å². The summed E-state index contributed by atoms with van der Waals surface area (Å²) < 4.78 is 0. The summed E-state index contributed by atoms with van der Waals surface area (Å²) in [4.78, 5) is 25.1. The maximum Gasteiger partial charge on any atom is 0.261 e. The SMILES string of the molecule is C/C=C\C1=C(C)C(=O)N(CCCCC)C1=O. The van der Waals surface area contributed by atoms with Gasteiger partial charge < -0.3 is 0 Å². The van der Waals surface area contributed by atoms with E-state index in [1.165, 1.54) is 4.90 Å². The summed E-state index contributed by atoms with van der Waals surface area (Å²) in [6.45, 7) is 6.21. The third-order valence-electron chi connectivity index (χ3n) is 2.76. The smallest absolute Gasteiger partial charge is 0.261 e. The molecule has 0 aromatic heterocycles. The van der Waals surface area contributed by atoms with Gasteiger partial charge >= 0.3 is 0 Å². The Balaban J connectivity index is 2.73. The number of unbranched alkanes of at least 4 members (excludes halogenated alkanes) is 2. The molecule has 1 aliphatic heterocycles. The fraction of sp³-hybridized carbons (Fsp3) is 0.538. The monoisotopic (exact) mass is 221 g/mol. The van der Waals surface area contributed by atoms with Gasteiger partial charge in [-0.25, -0.2) is 0 Å². The molecule has 16 heavy (non-hydrogen) atoms. The first kappa shape index (κ1) is 12.7. The molecule has 0 atom stereocenters. The Morgan fingerprint density at radius 1 is 1.19 bits per heavy atom. The van der Waals surface area contributed by atoms with Gasteiger partial charge in [-0.05, 0) is 20.3 Å². The molecule has 0 aromatic carbocycles. The second-order valence-corrected chi connectivity index (χ2v) is 4.01. The molecule has 0 aromatic rings. The van der Waals surface area contributed by atoms with Gasteiger partial charge in [-0.15, -0.1) is 0 Å². The van der Waals surface area contributed by atoms with Gasteiger partial charge in [0.2, 0.25) is 0 Å². The number of rotatable bonds is 5. The molecule has 0 aliphatic carbocycles. The minimum Gasteiger partial charge on any atom is -0.275 e. The lowest BCUT2D eigenvalue weighted by Crippen LogP contribution is -2.32. The Labute approximate surface area is 96.8 Å². The van der Waals surface area contributed by atoms with Crippen molar-refractivity contribution in [2.45, 2.75) is 40.0 Å². The van der Waals surface area contributed by atoms with E-state index in [9.17, 15) is 9.59 Å². The minimum absolute atomic E-state index is 0.130. The average molecular weight is 221 g/mol. The highest BCUT2D eigenvalue weighted by molar-refractivity contribution is 6.20. The van der Waals surface area contributed by atoms with E-state index in [2.05, 4.69) is 6.92 Å². The molecule has 0 saturated carbocycles. The number of nitrogens with zero attached hydrogens (tertiary/aromatic N) is 1. The Morgan fingerprint density at radius 2 is 1.88 bits per heavy atom. The molecule has 3 nitrogen and oxygen atoms in total. The molecule has 0 bridgehead atoms. The number of carbonyl (C=O) groups is 2. The van der Waals surface area contributed by atoms with Crippen LogP contribution < -0.4 is 0 Å². The van der Waals surface area contributed by atoms with Gasteiger partial charge in [0, 0.05) is 17.7 Å². The van der Waals surface area contributed by atoms with Crippen LogP contribution >= 0.6 is 0 Å². The standard InChI is InChI=1S/C13H19NO2/c1-4-6-7-9-14-12(15)10(3)11(8-5-2)13(14)16/h5,8H,4,6-7,9H2,1-3H3/b8-5-. The van der Waals surface area contributed by atoms with Gasteiger partial charge in [-0.3, -0.25) is 14.5 Å². The highest BCUT2D eigenvalue weighted by Gasteiger charge is 2.33. The zero-order valence-electron chi connectivity index (χ0n) is 10.2. The number of hydrogen-bond acceptors (Lipinski definition) is 2. The maximum absolute atomic E-state index is 11.9. The quantitative estimate of drug-likeness (QED) is 0.528. The van der Waals surface area contributed by atoms with Crippen LogP contribution in [-0.4, -0.2) is 23.3 Å². The third-order valence-corrected chi connectivity index (χ3v) is 2.76. The van der Waals surface area contributed by atoms with Crippen molar-refractivity contribution in [2.75, 3.05) is 6.54 Å². The van der Waals surface area contributed by atoms with Crippen LogP contribution in [0.4, 0.5) is 0 Å². The summed E-state index contributed by atoms with van der Waals surface area (Å²) >= 11 is 0. The van der Waals surface area contributed by atoms with Gasteiger partial charge in [0.15, 0.2) is 0 Å². The lowest BCUT2D eigenvalue weighted by atomic mass is 10.1. The van der Waals surface area contributed by atoms with E-state index in [0.717, 1.165) is 19.3 Å². The normalized spacial score (nSPS) is 17.1. The fourth-order valence-corrected chi connectivity index (χ4v) is 1.80. The number of carbonyl (C=O) groups excluding carboxylic acids is 2. The number of imide groups is 1. The van der Waals surface area contributed by atoms with Gasteiger partial charge in [0.1, 0.15) is 0 Å². The molecule has 2 amide bonds. The van der Waals surface area contributed by atoms with E-state index in [1.807, 2.05) is 6.92 Å². The average Bonchev–Trinajstić information content (AvgIpc) is 2.46. The summed E-state index contributed by atoms with van der Waals surface area (Å²) in [5.74, 6) is -0.272. The Bertz CT molecular complexity index is 353. The molecule has 1 aliphatic rings. The number of amides is 2. The maximum atomic E-state index is 11.9. The van der Waals surface area contributed by atoms with Crippen molar-refractivity contribution in [1.82, 2.24) is 4.90 Å². The van der Waals surface area contributed by atoms with E-state index in [-0.39, 0.29) is 11.8 Å². The topological polar surface area (TPSA) is 37.4 Å². The molecule has 0 spiro atoms. The van der Waals surface area contributed by atoms with E-state index >= 15 is 0 Å². The van der Waals surface area contributed by atoms with Gasteiger partial charge in [0.25, 0.3) is 11.8 Å². The fourth-order valence-electron chi connectivity index (χ4n) is 1.80. The van der Waals surface area contributed by atoms with E-state index in [1.54, 1.807) is 19.1 Å². The summed E-state index contributed by atoms with van der Waals surface area (Å²) in [5, 5.41) is 0. The van der Waals surface area contributed by atoms with Crippen molar-refractivity contribution >= 4 is 11.8 Å². The van der Waals surface area contributed by atoms with Crippen LogP contribution in [0.1, 0.15) is 40.0 Å². The van der Waals surface area contributed by atoms with Crippen molar-refractivity contribution < 1.29 is 9.59 Å². The molecule has 88 valence electrons. The van der Waals surface area contributed by atoms with E-state index in [0.29, 0.717) is 17.7 Å². The number of allylic oxidation sites excluding steroid dienone is 1. The highest BCUT2D eigenvalue weighted by atomic mass is 16.2. The largest absolute Gasteiger partial charge is 0.275 e. The van der Waals surface area contributed by atoms with Crippen LogP contribution in [-0.2, 0) is 9.59 Å². The molecule has 1 heterocycles. The van der Waals surface area contributed by atoms with Gasteiger partial charge in [0.05, 0.1) is 0 Å². The van der Waals surface area contributed by atoms with E-state index < -0.39 is 0 Å². The third kappa shape index (κ3) is 2.40. The molecular weight excluding hydrogens is 202 g/mol. The van der Waals surface area contributed by atoms with Crippen molar-refractivity contribution in [1.29, 1.82) is 0 Å². The van der Waals surface area contributed by atoms with Crippen molar-refractivity contribution in [3.05, 3.63) is 23.3 Å². The van der Waals surface area contributed by atoms with Crippen molar-refractivity contribution in [2.24, 2.45) is 0 Å². The van der Waals surface area contributed by atoms with E-state index in [4.69, 9.17) is 0 Å². The van der Waals surface area contributed by atoms with Crippen LogP contribution in [0.3, 0.4) is 0 Å². The first-order valence-corrected chi connectivity index (χ1v) is 5.83. The number of hydrogen-bond donors (Lipinski definition) is 0. The lowest BCUT2D eigenvalue weighted by molar-refractivity contribution is -0.137. The van der Waals surface area contributed by atoms with Crippen LogP contribution in [0.2, 0.25) is 0 Å². The summed E-state index contributed by atoms with van der Waals surface area (Å²) in [6.07, 6.45) is 6.54. The first-order valence-electron chi connectivity index (χ1n) is 5.83. The Hall–Kier alpha value is -1.38. The van der Waals surface area contributed by atoms with Crippen molar-refractivity contribution in [3.8, 4) is 0 Å².